The van der Waals surface area contributed by atoms with Crippen molar-refractivity contribution in [2.24, 2.45) is 0 Å². The first-order valence-electron chi connectivity index (χ1n) is 5.20. The van der Waals surface area contributed by atoms with Crippen LogP contribution in [0.15, 0.2) is 6.20 Å². The molecule has 0 aromatic carbocycles. The quantitative estimate of drug-likeness (QED) is 0.665. The van der Waals surface area contributed by atoms with E-state index in [0.29, 0.717) is 18.7 Å². The molecule has 0 amide bonds. The van der Waals surface area contributed by atoms with E-state index >= 15 is 0 Å². The van der Waals surface area contributed by atoms with Crippen LogP contribution in [0, 0.1) is 0 Å². The Kier molecular flexibility index (Phi) is 4.42. The Labute approximate surface area is 89.4 Å². The standard InChI is InChI=1S/C10H17N3O2/c1-4-6-13-8(7-11-12-13)10(14)9(5-2)15-3/h7,9H,4-6H2,1-3H3. The third kappa shape index (κ3) is 2.62. The van der Waals surface area contributed by atoms with Crippen LogP contribution in [0.2, 0.25) is 0 Å². The minimum Gasteiger partial charge on any atom is -0.373 e. The molecule has 0 aliphatic rings. The topological polar surface area (TPSA) is 57.0 Å². The molecule has 0 aliphatic heterocycles. The van der Waals surface area contributed by atoms with Gasteiger partial charge in [0, 0.05) is 13.7 Å². The monoisotopic (exact) mass is 211 g/mol. The van der Waals surface area contributed by atoms with Crippen LogP contribution in [0.1, 0.15) is 37.2 Å². The van der Waals surface area contributed by atoms with E-state index in [1.807, 2.05) is 13.8 Å². The summed E-state index contributed by atoms with van der Waals surface area (Å²) in [5.74, 6) is -0.0431. The molecule has 5 nitrogen and oxygen atoms in total. The second-order valence-electron chi connectivity index (χ2n) is 3.34. The molecule has 5 heteroatoms. The molecule has 1 unspecified atom stereocenters. The SMILES string of the molecule is CCCn1nncc1C(=O)C(CC)OC. The number of ketones is 1. The summed E-state index contributed by atoms with van der Waals surface area (Å²) < 4.78 is 6.73. The molecule has 84 valence electrons. The van der Waals surface area contributed by atoms with Crippen LogP contribution in [0.5, 0.6) is 0 Å². The summed E-state index contributed by atoms with van der Waals surface area (Å²) in [5, 5.41) is 7.62. The number of carbonyl (C=O) groups is 1. The fraction of sp³-hybridized carbons (Fsp3) is 0.700. The predicted octanol–water partition coefficient (Wildman–Crippen LogP) is 1.30. The van der Waals surface area contributed by atoms with Gasteiger partial charge in [-0.25, -0.2) is 4.68 Å². The van der Waals surface area contributed by atoms with Crippen molar-refractivity contribution in [1.82, 2.24) is 15.0 Å². The fourth-order valence-electron chi connectivity index (χ4n) is 1.45. The lowest BCUT2D eigenvalue weighted by atomic mass is 10.1. The van der Waals surface area contributed by atoms with Crippen LogP contribution in [0.25, 0.3) is 0 Å². The van der Waals surface area contributed by atoms with Gasteiger partial charge < -0.3 is 4.74 Å². The van der Waals surface area contributed by atoms with Crippen LogP contribution in [0.4, 0.5) is 0 Å². The lowest BCUT2D eigenvalue weighted by Gasteiger charge is -2.11. The van der Waals surface area contributed by atoms with Crippen molar-refractivity contribution in [1.29, 1.82) is 0 Å². The number of methoxy groups -OCH3 is 1. The number of ether oxygens (including phenoxy) is 1. The summed E-state index contributed by atoms with van der Waals surface area (Å²) in [6.45, 7) is 4.66. The number of hydrogen-bond acceptors (Lipinski definition) is 4. The smallest absolute Gasteiger partial charge is 0.211 e. The maximum atomic E-state index is 11.9. The van der Waals surface area contributed by atoms with Crippen LogP contribution in [-0.2, 0) is 11.3 Å². The van der Waals surface area contributed by atoms with Crippen molar-refractivity contribution in [3.8, 4) is 0 Å². The minimum absolute atomic E-state index is 0.0431. The third-order valence-corrected chi connectivity index (χ3v) is 2.25. The Morgan fingerprint density at radius 3 is 2.87 bits per heavy atom. The van der Waals surface area contributed by atoms with Gasteiger partial charge in [-0.15, -0.1) is 5.10 Å². The van der Waals surface area contributed by atoms with Crippen molar-refractivity contribution in [3.05, 3.63) is 11.9 Å². The summed E-state index contributed by atoms with van der Waals surface area (Å²) in [6, 6.07) is 0. The van der Waals surface area contributed by atoms with Gasteiger partial charge in [-0.2, -0.15) is 0 Å². The van der Waals surface area contributed by atoms with E-state index in [0.717, 1.165) is 6.42 Å². The molecular formula is C10H17N3O2. The minimum atomic E-state index is -0.390. The van der Waals surface area contributed by atoms with Crippen molar-refractivity contribution < 1.29 is 9.53 Å². The second-order valence-corrected chi connectivity index (χ2v) is 3.34. The molecule has 0 spiro atoms. The zero-order valence-corrected chi connectivity index (χ0v) is 9.43. The average molecular weight is 211 g/mol. The van der Waals surface area contributed by atoms with Gasteiger partial charge in [-0.3, -0.25) is 4.79 Å². The van der Waals surface area contributed by atoms with E-state index in [-0.39, 0.29) is 11.9 Å². The Bertz CT molecular complexity index is 318. The largest absolute Gasteiger partial charge is 0.373 e. The number of carbonyl (C=O) groups excluding carboxylic acids is 1. The molecule has 0 fully saturated rings. The molecule has 1 atom stereocenters. The molecule has 0 bridgehead atoms. The number of hydrogen-bond donors (Lipinski definition) is 0. The highest BCUT2D eigenvalue weighted by atomic mass is 16.5. The van der Waals surface area contributed by atoms with E-state index in [9.17, 15) is 4.79 Å². The number of aryl methyl sites for hydroxylation is 1. The van der Waals surface area contributed by atoms with Gasteiger partial charge in [0.05, 0.1) is 6.20 Å². The fourth-order valence-corrected chi connectivity index (χ4v) is 1.45. The van der Waals surface area contributed by atoms with E-state index in [1.165, 1.54) is 6.20 Å². The molecule has 0 N–H and O–H groups in total. The molecule has 1 rings (SSSR count). The third-order valence-electron chi connectivity index (χ3n) is 2.25. The molecule has 1 heterocycles. The zero-order valence-electron chi connectivity index (χ0n) is 9.43. The Morgan fingerprint density at radius 2 is 2.33 bits per heavy atom. The highest BCUT2D eigenvalue weighted by molar-refractivity contribution is 5.97. The van der Waals surface area contributed by atoms with Gasteiger partial charge in [0.1, 0.15) is 11.8 Å². The van der Waals surface area contributed by atoms with Gasteiger partial charge in [-0.05, 0) is 12.8 Å². The van der Waals surface area contributed by atoms with Crippen LogP contribution in [-0.4, -0.2) is 34.0 Å². The van der Waals surface area contributed by atoms with Crippen molar-refractivity contribution in [2.75, 3.05) is 7.11 Å². The molecule has 15 heavy (non-hydrogen) atoms. The molecule has 0 saturated heterocycles. The van der Waals surface area contributed by atoms with Crippen molar-refractivity contribution >= 4 is 5.78 Å². The lowest BCUT2D eigenvalue weighted by Crippen LogP contribution is -2.25. The second kappa shape index (κ2) is 5.60. The average Bonchev–Trinajstić information content (AvgIpc) is 2.68. The lowest BCUT2D eigenvalue weighted by molar-refractivity contribution is 0.0584. The summed E-state index contributed by atoms with van der Waals surface area (Å²) >= 11 is 0. The van der Waals surface area contributed by atoms with Gasteiger partial charge in [0.25, 0.3) is 0 Å². The highest BCUT2D eigenvalue weighted by Crippen LogP contribution is 2.07. The van der Waals surface area contributed by atoms with Crippen LogP contribution >= 0.6 is 0 Å². The summed E-state index contributed by atoms with van der Waals surface area (Å²) in [6.07, 6.45) is 2.69. The first-order chi connectivity index (χ1) is 7.24. The number of aromatic nitrogens is 3. The molecule has 1 aromatic heterocycles. The summed E-state index contributed by atoms with van der Waals surface area (Å²) in [5.41, 5.74) is 0.533. The van der Waals surface area contributed by atoms with Crippen molar-refractivity contribution in [2.45, 2.75) is 39.3 Å². The molecule has 0 saturated carbocycles. The van der Waals surface area contributed by atoms with E-state index in [2.05, 4.69) is 10.3 Å². The summed E-state index contributed by atoms with van der Waals surface area (Å²) in [7, 11) is 1.54. The highest BCUT2D eigenvalue weighted by Gasteiger charge is 2.21. The summed E-state index contributed by atoms with van der Waals surface area (Å²) in [4.78, 5) is 11.9. The molecular weight excluding hydrogens is 194 g/mol. The first kappa shape index (κ1) is 11.8. The maximum Gasteiger partial charge on any atom is 0.211 e. The van der Waals surface area contributed by atoms with E-state index in [1.54, 1.807) is 11.8 Å². The molecule has 0 radical (unpaired) electrons. The molecule has 1 aromatic rings. The van der Waals surface area contributed by atoms with Gasteiger partial charge in [-0.1, -0.05) is 19.1 Å². The van der Waals surface area contributed by atoms with Crippen molar-refractivity contribution in [3.63, 3.8) is 0 Å². The number of rotatable bonds is 6. The Morgan fingerprint density at radius 1 is 1.60 bits per heavy atom. The normalized spacial score (nSPS) is 12.7. The van der Waals surface area contributed by atoms with Gasteiger partial charge in [0.2, 0.25) is 5.78 Å². The number of Topliss-reactive ketones (excluding diaryl/α,β-unsaturated/α-hetero) is 1. The van der Waals surface area contributed by atoms with E-state index < -0.39 is 0 Å². The predicted molar refractivity (Wildman–Crippen MR) is 55.7 cm³/mol. The zero-order chi connectivity index (χ0) is 11.3. The van der Waals surface area contributed by atoms with Crippen LogP contribution < -0.4 is 0 Å². The molecule has 0 aliphatic carbocycles. The first-order valence-corrected chi connectivity index (χ1v) is 5.20. The Hall–Kier alpha value is -1.23. The number of nitrogens with zero attached hydrogens (tertiary/aromatic N) is 3. The van der Waals surface area contributed by atoms with Gasteiger partial charge in [0.15, 0.2) is 0 Å². The van der Waals surface area contributed by atoms with E-state index in [4.69, 9.17) is 4.74 Å². The van der Waals surface area contributed by atoms with Crippen LogP contribution in [0.3, 0.4) is 0 Å². The van der Waals surface area contributed by atoms with Gasteiger partial charge >= 0.3 is 0 Å². The maximum absolute atomic E-state index is 11.9. The Balaban J connectivity index is 2.84.